The topological polar surface area (TPSA) is 94.8 Å². The lowest BCUT2D eigenvalue weighted by Gasteiger charge is -2.17. The summed E-state index contributed by atoms with van der Waals surface area (Å²) in [5.74, 6) is 1.66. The molecule has 9 heteroatoms. The second kappa shape index (κ2) is 8.41. The monoisotopic (exact) mass is 403 g/mol. The predicted octanol–water partition coefficient (Wildman–Crippen LogP) is 2.72. The third-order valence-corrected chi connectivity index (χ3v) is 5.29. The van der Waals surface area contributed by atoms with Gasteiger partial charge in [0.2, 0.25) is 21.7 Å². The van der Waals surface area contributed by atoms with Crippen LogP contribution in [0.1, 0.15) is 11.5 Å². The SMILES string of the molecule is COc1ccc(-c2noc(CN(Cc3ccccc3)S(C)(=O)=O)n2)cc1OC. The van der Waals surface area contributed by atoms with Crippen LogP contribution in [0, 0.1) is 0 Å². The van der Waals surface area contributed by atoms with Gasteiger partial charge in [-0.2, -0.15) is 9.29 Å². The number of hydrogen-bond donors (Lipinski definition) is 0. The Labute approximate surface area is 163 Å². The molecule has 28 heavy (non-hydrogen) atoms. The summed E-state index contributed by atoms with van der Waals surface area (Å²) in [6.45, 7) is 0.196. The fourth-order valence-corrected chi connectivity index (χ4v) is 3.37. The standard InChI is InChI=1S/C19H21N3O5S/c1-25-16-10-9-15(11-17(16)26-2)19-20-18(27-21-19)13-22(28(3,23)24)12-14-7-5-4-6-8-14/h4-11H,12-13H2,1-3H3. The summed E-state index contributed by atoms with van der Waals surface area (Å²) in [4.78, 5) is 4.33. The van der Waals surface area contributed by atoms with E-state index in [-0.39, 0.29) is 19.0 Å². The van der Waals surface area contributed by atoms with E-state index in [0.717, 1.165) is 11.8 Å². The molecule has 0 aliphatic rings. The Balaban J connectivity index is 1.82. The van der Waals surface area contributed by atoms with E-state index in [1.54, 1.807) is 25.3 Å². The van der Waals surface area contributed by atoms with E-state index < -0.39 is 10.0 Å². The molecule has 0 bridgehead atoms. The van der Waals surface area contributed by atoms with Crippen LogP contribution in [0.2, 0.25) is 0 Å². The fourth-order valence-electron chi connectivity index (χ4n) is 2.64. The molecule has 0 atom stereocenters. The third-order valence-electron chi connectivity index (χ3n) is 4.09. The highest BCUT2D eigenvalue weighted by molar-refractivity contribution is 7.88. The average Bonchev–Trinajstić information content (AvgIpc) is 3.15. The van der Waals surface area contributed by atoms with E-state index in [0.29, 0.717) is 22.9 Å². The Kier molecular flexibility index (Phi) is 5.96. The highest BCUT2D eigenvalue weighted by Gasteiger charge is 2.21. The van der Waals surface area contributed by atoms with Crippen LogP contribution in [0.4, 0.5) is 0 Å². The smallest absolute Gasteiger partial charge is 0.242 e. The minimum absolute atomic E-state index is 0.0198. The molecule has 2 aromatic carbocycles. The van der Waals surface area contributed by atoms with Crippen LogP contribution < -0.4 is 9.47 Å². The molecule has 0 saturated carbocycles. The minimum atomic E-state index is -3.47. The molecule has 0 saturated heterocycles. The van der Waals surface area contributed by atoms with Crippen molar-refractivity contribution in [3.05, 3.63) is 60.0 Å². The maximum absolute atomic E-state index is 12.2. The van der Waals surface area contributed by atoms with Gasteiger partial charge in [-0.25, -0.2) is 8.42 Å². The zero-order valence-electron chi connectivity index (χ0n) is 15.8. The molecule has 0 aliphatic heterocycles. The van der Waals surface area contributed by atoms with Crippen molar-refractivity contribution in [3.8, 4) is 22.9 Å². The first-order valence-corrected chi connectivity index (χ1v) is 10.3. The quantitative estimate of drug-likeness (QED) is 0.571. The number of methoxy groups -OCH3 is 2. The van der Waals surface area contributed by atoms with Gasteiger partial charge < -0.3 is 14.0 Å². The first kappa shape index (κ1) is 19.8. The van der Waals surface area contributed by atoms with Gasteiger partial charge in [-0.3, -0.25) is 0 Å². The predicted molar refractivity (Wildman–Crippen MR) is 103 cm³/mol. The molecule has 3 rings (SSSR count). The first-order chi connectivity index (χ1) is 13.4. The second-order valence-electron chi connectivity index (χ2n) is 6.10. The summed E-state index contributed by atoms with van der Waals surface area (Å²) in [7, 11) is -0.377. The minimum Gasteiger partial charge on any atom is -0.493 e. The number of benzene rings is 2. The Bertz CT molecular complexity index is 1030. The Morgan fingerprint density at radius 3 is 2.36 bits per heavy atom. The van der Waals surface area contributed by atoms with Crippen LogP contribution >= 0.6 is 0 Å². The lowest BCUT2D eigenvalue weighted by atomic mass is 10.2. The van der Waals surface area contributed by atoms with Crippen LogP contribution in [-0.2, 0) is 23.1 Å². The van der Waals surface area contributed by atoms with Crippen molar-refractivity contribution in [2.45, 2.75) is 13.1 Å². The van der Waals surface area contributed by atoms with Crippen LogP contribution in [0.25, 0.3) is 11.4 Å². The normalized spacial score (nSPS) is 11.6. The molecule has 0 spiro atoms. The number of nitrogens with zero attached hydrogens (tertiary/aromatic N) is 3. The summed E-state index contributed by atoms with van der Waals surface area (Å²) in [6, 6.07) is 14.6. The van der Waals surface area contributed by atoms with E-state index in [1.165, 1.54) is 11.4 Å². The van der Waals surface area contributed by atoms with Crippen LogP contribution in [0.15, 0.2) is 53.1 Å². The zero-order chi connectivity index (χ0) is 20.1. The summed E-state index contributed by atoms with van der Waals surface area (Å²) in [6.07, 6.45) is 1.15. The van der Waals surface area contributed by atoms with E-state index in [4.69, 9.17) is 14.0 Å². The molecule has 148 valence electrons. The lowest BCUT2D eigenvalue weighted by Crippen LogP contribution is -2.29. The molecule has 1 aromatic heterocycles. The van der Waals surface area contributed by atoms with E-state index in [1.807, 2.05) is 30.3 Å². The molecule has 1 heterocycles. The molecule has 8 nitrogen and oxygen atoms in total. The van der Waals surface area contributed by atoms with Gasteiger partial charge in [0.1, 0.15) is 0 Å². The Hall–Kier alpha value is -2.91. The van der Waals surface area contributed by atoms with Gasteiger partial charge in [0.25, 0.3) is 0 Å². The van der Waals surface area contributed by atoms with Crippen molar-refractivity contribution in [3.63, 3.8) is 0 Å². The van der Waals surface area contributed by atoms with Gasteiger partial charge in [-0.15, -0.1) is 0 Å². The fraction of sp³-hybridized carbons (Fsp3) is 0.263. The maximum atomic E-state index is 12.2. The van der Waals surface area contributed by atoms with Crippen molar-refractivity contribution in [1.29, 1.82) is 0 Å². The van der Waals surface area contributed by atoms with Crippen LogP contribution in [0.5, 0.6) is 11.5 Å². The van der Waals surface area contributed by atoms with E-state index in [9.17, 15) is 8.42 Å². The molecule has 0 unspecified atom stereocenters. The van der Waals surface area contributed by atoms with Crippen molar-refractivity contribution in [2.24, 2.45) is 0 Å². The maximum Gasteiger partial charge on any atom is 0.242 e. The summed E-state index contributed by atoms with van der Waals surface area (Å²) < 4.78 is 41.4. The lowest BCUT2D eigenvalue weighted by molar-refractivity contribution is 0.313. The largest absolute Gasteiger partial charge is 0.493 e. The van der Waals surface area contributed by atoms with Crippen LogP contribution in [-0.4, -0.2) is 43.3 Å². The molecular weight excluding hydrogens is 382 g/mol. The molecular formula is C19H21N3O5S. The van der Waals surface area contributed by atoms with Crippen molar-refractivity contribution < 1.29 is 22.4 Å². The van der Waals surface area contributed by atoms with Gasteiger partial charge in [-0.05, 0) is 23.8 Å². The second-order valence-corrected chi connectivity index (χ2v) is 8.08. The first-order valence-electron chi connectivity index (χ1n) is 8.44. The average molecular weight is 403 g/mol. The van der Waals surface area contributed by atoms with Crippen LogP contribution in [0.3, 0.4) is 0 Å². The molecule has 0 aliphatic carbocycles. The molecule has 0 fully saturated rings. The Morgan fingerprint density at radius 2 is 1.71 bits per heavy atom. The third kappa shape index (κ3) is 4.68. The number of rotatable bonds is 8. The summed E-state index contributed by atoms with van der Waals surface area (Å²) in [5, 5.41) is 3.96. The van der Waals surface area contributed by atoms with Crippen molar-refractivity contribution in [1.82, 2.24) is 14.4 Å². The van der Waals surface area contributed by atoms with Crippen molar-refractivity contribution >= 4 is 10.0 Å². The van der Waals surface area contributed by atoms with Crippen molar-refractivity contribution in [2.75, 3.05) is 20.5 Å². The van der Waals surface area contributed by atoms with Gasteiger partial charge in [0.15, 0.2) is 11.5 Å². The molecule has 3 aromatic rings. The zero-order valence-corrected chi connectivity index (χ0v) is 16.6. The summed E-state index contributed by atoms with van der Waals surface area (Å²) in [5.41, 5.74) is 1.54. The number of ether oxygens (including phenoxy) is 2. The highest BCUT2D eigenvalue weighted by atomic mass is 32.2. The van der Waals surface area contributed by atoms with Gasteiger partial charge in [0.05, 0.1) is 27.0 Å². The number of sulfonamides is 1. The molecule has 0 radical (unpaired) electrons. The van der Waals surface area contributed by atoms with E-state index >= 15 is 0 Å². The van der Waals surface area contributed by atoms with Gasteiger partial charge in [0, 0.05) is 12.1 Å². The van der Waals surface area contributed by atoms with E-state index in [2.05, 4.69) is 10.1 Å². The highest BCUT2D eigenvalue weighted by Crippen LogP contribution is 2.31. The van der Waals surface area contributed by atoms with Gasteiger partial charge >= 0.3 is 0 Å². The summed E-state index contributed by atoms with van der Waals surface area (Å²) >= 11 is 0. The molecule has 0 amide bonds. The number of hydrogen-bond acceptors (Lipinski definition) is 7. The van der Waals surface area contributed by atoms with Gasteiger partial charge in [-0.1, -0.05) is 35.5 Å². The number of aromatic nitrogens is 2. The Morgan fingerprint density at radius 1 is 1.00 bits per heavy atom. The molecule has 0 N–H and O–H groups in total.